The number of amides is 2. The number of carbonyl (C=O) groups excluding carboxylic acids is 3. The highest BCUT2D eigenvalue weighted by Crippen LogP contribution is 2.37. The van der Waals surface area contributed by atoms with Crippen LogP contribution in [0.4, 0.5) is 5.00 Å². The molecule has 1 saturated heterocycles. The minimum Gasteiger partial charge on any atom is -0.490 e. The van der Waals surface area contributed by atoms with Crippen molar-refractivity contribution in [3.05, 3.63) is 76.0 Å². The lowest BCUT2D eigenvalue weighted by atomic mass is 9.98. The van der Waals surface area contributed by atoms with Gasteiger partial charge in [0.25, 0.3) is 5.91 Å². The molecule has 2 amide bonds. The molecule has 2 fully saturated rings. The molecule has 7 nitrogen and oxygen atoms in total. The predicted octanol–water partition coefficient (Wildman–Crippen LogP) is 7.53. The number of ether oxygens (including phenoxy) is 2. The zero-order chi connectivity index (χ0) is 29.5. The SMILES string of the molecule is CCOC(=O)c1c(-c2ccccc2)csc1NC(=O)CCN1C(=O)/C(=C/c2ccc(OC3CCCCC3)cc2)SC1=S. The lowest BCUT2D eigenvalue weighted by Crippen LogP contribution is -2.31. The number of thioether (sulfide) groups is 1. The Hall–Kier alpha value is -3.47. The molecule has 0 bridgehead atoms. The van der Waals surface area contributed by atoms with E-state index in [4.69, 9.17) is 21.7 Å². The number of nitrogens with one attached hydrogen (secondary N) is 1. The molecule has 1 saturated carbocycles. The van der Waals surface area contributed by atoms with Gasteiger partial charge < -0.3 is 14.8 Å². The monoisotopic (exact) mass is 620 g/mol. The molecule has 10 heteroatoms. The maximum atomic E-state index is 13.1. The van der Waals surface area contributed by atoms with Crippen molar-refractivity contribution in [3.8, 4) is 16.9 Å². The molecule has 2 aromatic carbocycles. The Kier molecular flexibility index (Phi) is 10.1. The van der Waals surface area contributed by atoms with Crippen LogP contribution in [0, 0.1) is 0 Å². The average molecular weight is 621 g/mol. The van der Waals surface area contributed by atoms with Crippen LogP contribution in [0.5, 0.6) is 5.75 Å². The van der Waals surface area contributed by atoms with Gasteiger partial charge in [-0.05, 0) is 61.9 Å². The summed E-state index contributed by atoms with van der Waals surface area (Å²) in [4.78, 5) is 40.8. The second-order valence-electron chi connectivity index (χ2n) is 10.0. The van der Waals surface area contributed by atoms with Crippen molar-refractivity contribution in [1.82, 2.24) is 4.90 Å². The first kappa shape index (κ1) is 30.0. The molecule has 1 aliphatic heterocycles. The Bertz CT molecular complexity index is 1480. The second-order valence-corrected chi connectivity index (χ2v) is 12.6. The van der Waals surface area contributed by atoms with Gasteiger partial charge in [0.1, 0.15) is 20.6 Å². The van der Waals surface area contributed by atoms with E-state index < -0.39 is 5.97 Å². The van der Waals surface area contributed by atoms with Crippen LogP contribution in [0.25, 0.3) is 17.2 Å². The molecule has 0 radical (unpaired) electrons. The van der Waals surface area contributed by atoms with Crippen molar-refractivity contribution < 1.29 is 23.9 Å². The summed E-state index contributed by atoms with van der Waals surface area (Å²) in [6.45, 7) is 2.09. The van der Waals surface area contributed by atoms with Gasteiger partial charge in [0.15, 0.2) is 0 Å². The number of anilines is 1. The molecule has 1 aliphatic carbocycles. The third-order valence-electron chi connectivity index (χ3n) is 7.08. The molecular weight excluding hydrogens is 589 g/mol. The average Bonchev–Trinajstić information content (AvgIpc) is 3.53. The van der Waals surface area contributed by atoms with Crippen molar-refractivity contribution >= 4 is 68.5 Å². The van der Waals surface area contributed by atoms with E-state index in [9.17, 15) is 14.4 Å². The second kappa shape index (κ2) is 14.1. The smallest absolute Gasteiger partial charge is 0.341 e. The lowest BCUT2D eigenvalue weighted by molar-refractivity contribution is -0.122. The van der Waals surface area contributed by atoms with Gasteiger partial charge >= 0.3 is 5.97 Å². The third-order valence-corrected chi connectivity index (χ3v) is 9.35. The normalized spacial score (nSPS) is 16.6. The van der Waals surface area contributed by atoms with Crippen LogP contribution in [-0.2, 0) is 14.3 Å². The lowest BCUT2D eigenvalue weighted by Gasteiger charge is -2.22. The zero-order valence-corrected chi connectivity index (χ0v) is 25.7. The van der Waals surface area contributed by atoms with Gasteiger partial charge in [-0.2, -0.15) is 0 Å². The Balaban J connectivity index is 1.20. The fourth-order valence-corrected chi connectivity index (χ4v) is 7.23. The van der Waals surface area contributed by atoms with Gasteiger partial charge in [-0.25, -0.2) is 4.79 Å². The van der Waals surface area contributed by atoms with E-state index in [0.29, 0.717) is 25.4 Å². The maximum Gasteiger partial charge on any atom is 0.341 e. The fourth-order valence-electron chi connectivity index (χ4n) is 4.95. The van der Waals surface area contributed by atoms with Gasteiger partial charge in [-0.1, -0.05) is 72.9 Å². The minimum atomic E-state index is -0.497. The molecule has 1 N–H and O–H groups in total. The first-order chi connectivity index (χ1) is 20.4. The first-order valence-electron chi connectivity index (χ1n) is 14.1. The number of thiocarbonyl (C=S) groups is 1. The molecule has 2 aliphatic rings. The Morgan fingerprint density at radius 2 is 1.81 bits per heavy atom. The molecule has 0 atom stereocenters. The van der Waals surface area contributed by atoms with Gasteiger partial charge in [0.2, 0.25) is 5.91 Å². The summed E-state index contributed by atoms with van der Waals surface area (Å²) in [6.07, 6.45) is 8.00. The van der Waals surface area contributed by atoms with Crippen LogP contribution in [0.2, 0.25) is 0 Å². The molecule has 42 heavy (non-hydrogen) atoms. The van der Waals surface area contributed by atoms with Gasteiger partial charge in [-0.15, -0.1) is 11.3 Å². The first-order valence-corrected chi connectivity index (χ1v) is 16.2. The van der Waals surface area contributed by atoms with Crippen molar-refractivity contribution in [2.45, 2.75) is 51.6 Å². The van der Waals surface area contributed by atoms with E-state index in [1.54, 1.807) is 6.92 Å². The van der Waals surface area contributed by atoms with Gasteiger partial charge in [0.05, 0.1) is 17.6 Å². The topological polar surface area (TPSA) is 84.9 Å². The summed E-state index contributed by atoms with van der Waals surface area (Å²) in [6, 6.07) is 17.2. The quantitative estimate of drug-likeness (QED) is 0.142. The van der Waals surface area contributed by atoms with E-state index in [-0.39, 0.29) is 37.5 Å². The highest BCUT2D eigenvalue weighted by atomic mass is 32.2. The van der Waals surface area contributed by atoms with Crippen LogP contribution in [0.1, 0.15) is 61.4 Å². The van der Waals surface area contributed by atoms with Crippen molar-refractivity contribution in [2.24, 2.45) is 0 Å². The summed E-state index contributed by atoms with van der Waals surface area (Å²) in [5.41, 5.74) is 2.76. The fraction of sp³-hybridized carbons (Fsp3) is 0.312. The number of carbonyl (C=O) groups is 3. The van der Waals surface area contributed by atoms with Crippen molar-refractivity contribution in [3.63, 3.8) is 0 Å². The van der Waals surface area contributed by atoms with Crippen LogP contribution >= 0.6 is 35.3 Å². The van der Waals surface area contributed by atoms with E-state index in [1.165, 1.54) is 47.3 Å². The number of hydrogen-bond acceptors (Lipinski definition) is 8. The zero-order valence-electron chi connectivity index (χ0n) is 23.3. The van der Waals surface area contributed by atoms with E-state index in [1.807, 2.05) is 66.1 Å². The van der Waals surface area contributed by atoms with Crippen molar-refractivity contribution in [1.29, 1.82) is 0 Å². The molecule has 5 rings (SSSR count). The number of esters is 1. The third kappa shape index (κ3) is 7.29. The Morgan fingerprint density at radius 3 is 2.52 bits per heavy atom. The van der Waals surface area contributed by atoms with Crippen molar-refractivity contribution in [2.75, 3.05) is 18.5 Å². The summed E-state index contributed by atoms with van der Waals surface area (Å²) in [5.74, 6) is -0.211. The molecule has 0 unspecified atom stereocenters. The van der Waals surface area contributed by atoms with E-state index in [0.717, 1.165) is 29.7 Å². The van der Waals surface area contributed by atoms with E-state index in [2.05, 4.69) is 5.32 Å². The molecule has 2 heterocycles. The van der Waals surface area contributed by atoms with Gasteiger partial charge in [0, 0.05) is 23.9 Å². The van der Waals surface area contributed by atoms with Crippen LogP contribution in [0.3, 0.4) is 0 Å². The van der Waals surface area contributed by atoms with Crippen LogP contribution in [-0.4, -0.2) is 46.3 Å². The highest BCUT2D eigenvalue weighted by Gasteiger charge is 2.32. The Labute approximate surface area is 259 Å². The molecule has 218 valence electrons. The standard InChI is InChI=1S/C32H32N2O5S3/c1-2-38-31(37)28-25(22-9-5-3-6-10-22)20-41-29(28)33-27(35)17-18-34-30(36)26(42-32(34)40)19-21-13-15-24(16-14-21)39-23-11-7-4-8-12-23/h3,5-6,9-10,13-16,19-20,23H,2,4,7-8,11-12,17-18H2,1H3,(H,33,35)/b26-19-. The number of hydrogen-bond donors (Lipinski definition) is 1. The van der Waals surface area contributed by atoms with Crippen LogP contribution < -0.4 is 10.1 Å². The molecular formula is C32H32N2O5S3. The maximum absolute atomic E-state index is 13.1. The summed E-state index contributed by atoms with van der Waals surface area (Å²) in [5, 5.41) is 5.09. The molecule has 0 spiro atoms. The van der Waals surface area contributed by atoms with Crippen LogP contribution in [0.15, 0.2) is 64.9 Å². The molecule has 3 aromatic rings. The number of rotatable bonds is 10. The highest BCUT2D eigenvalue weighted by molar-refractivity contribution is 8.26. The number of thiophene rings is 1. The van der Waals surface area contributed by atoms with E-state index >= 15 is 0 Å². The summed E-state index contributed by atoms with van der Waals surface area (Å²) in [7, 11) is 0. The Morgan fingerprint density at radius 1 is 1.07 bits per heavy atom. The largest absolute Gasteiger partial charge is 0.490 e. The van der Waals surface area contributed by atoms with Gasteiger partial charge in [-0.3, -0.25) is 14.5 Å². The number of benzene rings is 2. The minimum absolute atomic E-state index is 0.0216. The predicted molar refractivity (Wildman–Crippen MR) is 173 cm³/mol. The summed E-state index contributed by atoms with van der Waals surface area (Å²) >= 11 is 7.95. The summed E-state index contributed by atoms with van der Waals surface area (Å²) < 4.78 is 11.8. The molecule has 1 aromatic heterocycles. The number of nitrogens with zero attached hydrogens (tertiary/aromatic N) is 1.